The molecular formula is C28H34N4O. The highest BCUT2D eigenvalue weighted by molar-refractivity contribution is 5.94. The van der Waals surface area contributed by atoms with E-state index >= 15 is 0 Å². The van der Waals surface area contributed by atoms with E-state index in [0.717, 1.165) is 46.9 Å². The average Bonchev–Trinajstić information content (AvgIpc) is 2.86. The van der Waals surface area contributed by atoms with Crippen LogP contribution in [0.15, 0.2) is 54.6 Å². The smallest absolute Gasteiger partial charge is 0.254 e. The van der Waals surface area contributed by atoms with Gasteiger partial charge in [0, 0.05) is 43.8 Å². The highest BCUT2D eigenvalue weighted by Crippen LogP contribution is 2.29. The molecule has 33 heavy (non-hydrogen) atoms. The monoisotopic (exact) mass is 442 g/mol. The molecule has 0 spiro atoms. The minimum Gasteiger partial charge on any atom is -0.362 e. The van der Waals surface area contributed by atoms with E-state index in [2.05, 4.69) is 19.1 Å². The summed E-state index contributed by atoms with van der Waals surface area (Å²) < 4.78 is 0. The van der Waals surface area contributed by atoms with Crippen LogP contribution in [0.2, 0.25) is 0 Å². The fourth-order valence-electron chi connectivity index (χ4n) is 4.41. The number of carbonyl (C=O) groups is 1. The number of rotatable bonds is 8. The van der Waals surface area contributed by atoms with E-state index in [0.29, 0.717) is 13.1 Å². The number of carbonyl (C=O) groups excluding carboxylic acids is 1. The minimum atomic E-state index is 0.0787. The predicted molar refractivity (Wildman–Crippen MR) is 135 cm³/mol. The van der Waals surface area contributed by atoms with Crippen molar-refractivity contribution in [1.29, 1.82) is 0 Å². The van der Waals surface area contributed by atoms with Gasteiger partial charge in [-0.15, -0.1) is 0 Å². The van der Waals surface area contributed by atoms with E-state index in [9.17, 15) is 4.79 Å². The third kappa shape index (κ3) is 5.41. The SMILES string of the molecule is CCCCCCc1ccc(C(=O)N2CCc3nc(-c4ccccc4)nc(N(C)C)c3C2)cc1. The van der Waals surface area contributed by atoms with Crippen LogP contribution in [0.25, 0.3) is 11.4 Å². The Kier molecular flexibility index (Phi) is 7.38. The zero-order valence-corrected chi connectivity index (χ0v) is 20.1. The summed E-state index contributed by atoms with van der Waals surface area (Å²) in [4.78, 5) is 26.9. The Morgan fingerprint density at radius 3 is 2.42 bits per heavy atom. The van der Waals surface area contributed by atoms with E-state index in [4.69, 9.17) is 9.97 Å². The lowest BCUT2D eigenvalue weighted by Crippen LogP contribution is -2.37. The number of benzene rings is 2. The molecule has 1 aliphatic rings. The number of aromatic nitrogens is 2. The number of unbranched alkanes of at least 4 members (excludes halogenated alkanes) is 3. The van der Waals surface area contributed by atoms with Gasteiger partial charge in [0.05, 0.1) is 12.2 Å². The van der Waals surface area contributed by atoms with Crippen LogP contribution in [-0.4, -0.2) is 41.4 Å². The van der Waals surface area contributed by atoms with Crippen molar-refractivity contribution >= 4 is 11.7 Å². The molecule has 5 heteroatoms. The van der Waals surface area contributed by atoms with Crippen molar-refractivity contribution in [2.45, 2.75) is 52.0 Å². The standard InChI is InChI=1S/C28H34N4O/c1-4-5-6-8-11-21-14-16-23(17-15-21)28(33)32-19-18-25-24(20-32)27(31(2)3)30-26(29-25)22-12-9-7-10-13-22/h7,9-10,12-17H,4-6,8,11,18-20H2,1-3H3. The number of fused-ring (bicyclic) bond motifs is 1. The van der Waals surface area contributed by atoms with Crippen LogP contribution in [0.4, 0.5) is 5.82 Å². The summed E-state index contributed by atoms with van der Waals surface area (Å²) in [6.45, 7) is 3.44. The maximum absolute atomic E-state index is 13.3. The summed E-state index contributed by atoms with van der Waals surface area (Å²) in [6, 6.07) is 18.3. The second kappa shape index (κ2) is 10.6. The van der Waals surface area contributed by atoms with Crippen molar-refractivity contribution < 1.29 is 4.79 Å². The Hall–Kier alpha value is -3.21. The van der Waals surface area contributed by atoms with Gasteiger partial charge in [-0.25, -0.2) is 9.97 Å². The molecule has 0 saturated carbocycles. The van der Waals surface area contributed by atoms with E-state index in [1.54, 1.807) is 0 Å². The van der Waals surface area contributed by atoms with Crippen LogP contribution < -0.4 is 4.90 Å². The first kappa shape index (κ1) is 23.0. The first-order chi connectivity index (χ1) is 16.1. The lowest BCUT2D eigenvalue weighted by Gasteiger charge is -2.31. The molecule has 0 unspecified atom stereocenters. The molecule has 1 amide bonds. The van der Waals surface area contributed by atoms with Gasteiger partial charge in [-0.1, -0.05) is 68.7 Å². The second-order valence-electron chi connectivity index (χ2n) is 9.04. The summed E-state index contributed by atoms with van der Waals surface area (Å²) >= 11 is 0. The number of aryl methyl sites for hydroxylation is 1. The van der Waals surface area contributed by atoms with Gasteiger partial charge in [0.1, 0.15) is 5.82 Å². The predicted octanol–water partition coefficient (Wildman–Crippen LogP) is 5.53. The van der Waals surface area contributed by atoms with Gasteiger partial charge >= 0.3 is 0 Å². The van der Waals surface area contributed by atoms with Crippen molar-refractivity contribution in [3.63, 3.8) is 0 Å². The fraction of sp³-hybridized carbons (Fsp3) is 0.393. The van der Waals surface area contributed by atoms with E-state index in [1.807, 2.05) is 66.4 Å². The van der Waals surface area contributed by atoms with Crippen molar-refractivity contribution in [3.8, 4) is 11.4 Å². The third-order valence-electron chi connectivity index (χ3n) is 6.30. The highest BCUT2D eigenvalue weighted by atomic mass is 16.2. The molecule has 172 valence electrons. The van der Waals surface area contributed by atoms with Gasteiger partial charge in [-0.3, -0.25) is 4.79 Å². The van der Waals surface area contributed by atoms with Crippen LogP contribution in [0, 0.1) is 0 Å². The normalized spacial score (nSPS) is 13.0. The topological polar surface area (TPSA) is 49.3 Å². The number of nitrogens with zero attached hydrogens (tertiary/aromatic N) is 4. The summed E-state index contributed by atoms with van der Waals surface area (Å²) in [5.74, 6) is 1.71. The number of hydrogen-bond donors (Lipinski definition) is 0. The first-order valence-electron chi connectivity index (χ1n) is 12.1. The van der Waals surface area contributed by atoms with Gasteiger partial charge in [0.2, 0.25) is 0 Å². The molecule has 0 fully saturated rings. The zero-order chi connectivity index (χ0) is 23.2. The van der Waals surface area contributed by atoms with Gasteiger partial charge < -0.3 is 9.80 Å². The number of hydrogen-bond acceptors (Lipinski definition) is 4. The lowest BCUT2D eigenvalue weighted by molar-refractivity contribution is 0.0733. The Labute approximate surface area is 197 Å². The summed E-state index contributed by atoms with van der Waals surface area (Å²) in [7, 11) is 3.99. The zero-order valence-electron chi connectivity index (χ0n) is 20.1. The highest BCUT2D eigenvalue weighted by Gasteiger charge is 2.27. The molecule has 0 atom stereocenters. The maximum atomic E-state index is 13.3. The molecular weight excluding hydrogens is 408 g/mol. The Morgan fingerprint density at radius 1 is 0.970 bits per heavy atom. The lowest BCUT2D eigenvalue weighted by atomic mass is 10.0. The second-order valence-corrected chi connectivity index (χ2v) is 9.04. The molecule has 0 bridgehead atoms. The molecule has 2 heterocycles. The third-order valence-corrected chi connectivity index (χ3v) is 6.30. The molecule has 0 saturated heterocycles. The van der Waals surface area contributed by atoms with Crippen LogP contribution >= 0.6 is 0 Å². The largest absolute Gasteiger partial charge is 0.362 e. The van der Waals surface area contributed by atoms with Gasteiger partial charge in [0.25, 0.3) is 5.91 Å². The number of amides is 1. The van der Waals surface area contributed by atoms with Crippen molar-refractivity contribution in [1.82, 2.24) is 14.9 Å². The van der Waals surface area contributed by atoms with Crippen molar-refractivity contribution in [3.05, 3.63) is 77.0 Å². The van der Waals surface area contributed by atoms with E-state index in [-0.39, 0.29) is 5.91 Å². The fourth-order valence-corrected chi connectivity index (χ4v) is 4.41. The summed E-state index contributed by atoms with van der Waals surface area (Å²) in [5.41, 5.74) is 5.16. The first-order valence-corrected chi connectivity index (χ1v) is 12.1. The quantitative estimate of drug-likeness (QED) is 0.430. The van der Waals surface area contributed by atoms with Crippen molar-refractivity contribution in [2.75, 3.05) is 25.5 Å². The minimum absolute atomic E-state index is 0.0787. The van der Waals surface area contributed by atoms with Crippen LogP contribution in [-0.2, 0) is 19.4 Å². The van der Waals surface area contributed by atoms with Gasteiger partial charge in [-0.05, 0) is 30.5 Å². The van der Waals surface area contributed by atoms with Crippen LogP contribution in [0.5, 0.6) is 0 Å². The molecule has 1 aromatic heterocycles. The summed E-state index contributed by atoms with van der Waals surface area (Å²) in [5, 5.41) is 0. The Bertz CT molecular complexity index is 1080. The average molecular weight is 443 g/mol. The number of anilines is 1. The van der Waals surface area contributed by atoms with E-state index in [1.165, 1.54) is 31.2 Å². The molecule has 3 aromatic rings. The van der Waals surface area contributed by atoms with Crippen molar-refractivity contribution in [2.24, 2.45) is 0 Å². The van der Waals surface area contributed by atoms with Gasteiger partial charge in [0.15, 0.2) is 5.82 Å². The van der Waals surface area contributed by atoms with Gasteiger partial charge in [-0.2, -0.15) is 0 Å². The molecule has 0 aliphatic carbocycles. The Morgan fingerprint density at radius 2 is 1.73 bits per heavy atom. The molecule has 0 radical (unpaired) electrons. The van der Waals surface area contributed by atoms with Crippen LogP contribution in [0.1, 0.15) is 59.8 Å². The summed E-state index contributed by atoms with van der Waals surface area (Å²) in [6.07, 6.45) is 6.84. The van der Waals surface area contributed by atoms with Crippen LogP contribution in [0.3, 0.4) is 0 Å². The molecule has 1 aliphatic heterocycles. The molecule has 2 aromatic carbocycles. The molecule has 0 N–H and O–H groups in total. The van der Waals surface area contributed by atoms with E-state index < -0.39 is 0 Å². The maximum Gasteiger partial charge on any atom is 0.254 e. The Balaban J connectivity index is 1.50. The molecule has 4 rings (SSSR count). The molecule has 5 nitrogen and oxygen atoms in total.